The first-order chi connectivity index (χ1) is 11.5. The quantitative estimate of drug-likeness (QED) is 0.849. The third-order valence-electron chi connectivity index (χ3n) is 4.16. The minimum absolute atomic E-state index is 0.145. The number of nitrogens with zero attached hydrogens (tertiary/aromatic N) is 2. The summed E-state index contributed by atoms with van der Waals surface area (Å²) in [4.78, 5) is 4.45. The fraction of sp³-hybridized carbons (Fsp3) is 0.500. The molecule has 1 aromatic carbocycles. The second-order valence-corrected chi connectivity index (χ2v) is 8.03. The van der Waals surface area contributed by atoms with Crippen LogP contribution in [0.25, 0.3) is 11.4 Å². The highest BCUT2D eigenvalue weighted by Crippen LogP contribution is 2.21. The lowest BCUT2D eigenvalue weighted by molar-refractivity contribution is 0.181. The third-order valence-corrected chi connectivity index (χ3v) is 5.29. The van der Waals surface area contributed by atoms with Crippen LogP contribution >= 0.6 is 0 Å². The molecule has 1 aromatic heterocycles. The number of aromatic nitrogens is 2. The molecule has 0 atom stereocenters. The average molecular weight is 351 g/mol. The molecule has 0 amide bonds. The Labute approximate surface area is 141 Å². The van der Waals surface area contributed by atoms with Gasteiger partial charge >= 0.3 is 6.08 Å². The maximum Gasteiger partial charge on any atom is 0.417 e. The Bertz CT molecular complexity index is 765. The Morgan fingerprint density at radius 1 is 1.25 bits per heavy atom. The molecule has 3 rings (SSSR count). The summed E-state index contributed by atoms with van der Waals surface area (Å²) in [6.45, 7) is 2.69. The molecule has 8 heteroatoms. The number of piperidine rings is 1. The first kappa shape index (κ1) is 16.9. The molecule has 1 aliphatic heterocycles. The molecule has 2 heterocycles. The average Bonchev–Trinajstić information content (AvgIpc) is 3.04. The second-order valence-electron chi connectivity index (χ2n) is 6.01. The van der Waals surface area contributed by atoms with Crippen molar-refractivity contribution in [3.05, 3.63) is 24.3 Å². The molecule has 2 aromatic rings. The van der Waals surface area contributed by atoms with Crippen molar-refractivity contribution in [3.63, 3.8) is 0 Å². The summed E-state index contributed by atoms with van der Waals surface area (Å²) in [6.07, 6.45) is 4.63. The van der Waals surface area contributed by atoms with E-state index in [4.69, 9.17) is 9.26 Å². The smallest absolute Gasteiger partial charge is 0.417 e. The van der Waals surface area contributed by atoms with Crippen molar-refractivity contribution >= 4 is 9.84 Å². The van der Waals surface area contributed by atoms with Crippen molar-refractivity contribution in [1.82, 2.24) is 15.5 Å². The molecule has 24 heavy (non-hydrogen) atoms. The highest BCUT2D eigenvalue weighted by atomic mass is 32.2. The number of hydrogen-bond donors (Lipinski definition) is 1. The number of rotatable bonds is 6. The molecule has 0 spiro atoms. The van der Waals surface area contributed by atoms with Crippen LogP contribution in [0.2, 0.25) is 0 Å². The van der Waals surface area contributed by atoms with E-state index in [1.54, 1.807) is 12.1 Å². The lowest BCUT2D eigenvalue weighted by Gasteiger charge is -2.21. The largest absolute Gasteiger partial charge is 0.449 e. The Morgan fingerprint density at radius 3 is 2.62 bits per heavy atom. The van der Waals surface area contributed by atoms with Crippen LogP contribution in [0.4, 0.5) is 0 Å². The fourth-order valence-corrected chi connectivity index (χ4v) is 3.35. The van der Waals surface area contributed by atoms with Crippen molar-refractivity contribution < 1.29 is 17.7 Å². The summed E-state index contributed by atoms with van der Waals surface area (Å²) in [7, 11) is -3.21. The van der Waals surface area contributed by atoms with Gasteiger partial charge < -0.3 is 10.1 Å². The summed E-state index contributed by atoms with van der Waals surface area (Å²) >= 11 is 0. The molecule has 0 radical (unpaired) electrons. The maximum atomic E-state index is 11.5. The van der Waals surface area contributed by atoms with Crippen LogP contribution in [0.5, 0.6) is 6.08 Å². The lowest BCUT2D eigenvalue weighted by atomic mass is 9.95. The van der Waals surface area contributed by atoms with E-state index in [-0.39, 0.29) is 11.0 Å². The van der Waals surface area contributed by atoms with E-state index >= 15 is 0 Å². The van der Waals surface area contributed by atoms with Gasteiger partial charge in [0, 0.05) is 11.8 Å². The van der Waals surface area contributed by atoms with E-state index < -0.39 is 9.84 Å². The van der Waals surface area contributed by atoms with Crippen LogP contribution in [0.15, 0.2) is 33.7 Å². The molecular formula is C16H21N3O4S. The Morgan fingerprint density at radius 2 is 1.96 bits per heavy atom. The monoisotopic (exact) mass is 351 g/mol. The maximum absolute atomic E-state index is 11.5. The van der Waals surface area contributed by atoms with Gasteiger partial charge in [-0.15, -0.1) is 0 Å². The van der Waals surface area contributed by atoms with Gasteiger partial charge in [-0.1, -0.05) is 5.16 Å². The number of sulfone groups is 1. The van der Waals surface area contributed by atoms with Gasteiger partial charge in [-0.05, 0) is 62.5 Å². The molecule has 1 fully saturated rings. The second kappa shape index (κ2) is 7.31. The van der Waals surface area contributed by atoms with Gasteiger partial charge in [0.25, 0.3) is 0 Å². The van der Waals surface area contributed by atoms with Gasteiger partial charge in [0.15, 0.2) is 9.84 Å². The van der Waals surface area contributed by atoms with Crippen molar-refractivity contribution in [2.24, 2.45) is 5.92 Å². The fourth-order valence-electron chi connectivity index (χ4n) is 2.72. The lowest BCUT2D eigenvalue weighted by Crippen LogP contribution is -2.28. The standard InChI is InChI=1S/C16H21N3O4S/c1-24(20,21)14-4-2-13(3-5-14)15-18-16(23-19-15)22-11-8-12-6-9-17-10-7-12/h2-5,12,17H,6-11H2,1H3. The molecule has 1 N–H and O–H groups in total. The summed E-state index contributed by atoms with van der Waals surface area (Å²) in [5.74, 6) is 1.06. The normalized spacial score (nSPS) is 16.2. The SMILES string of the molecule is CS(=O)(=O)c1ccc(-c2noc(OCCC3CCNCC3)n2)cc1. The van der Waals surface area contributed by atoms with Crippen molar-refractivity contribution in [2.45, 2.75) is 24.2 Å². The predicted molar refractivity (Wildman–Crippen MR) is 88.5 cm³/mol. The topological polar surface area (TPSA) is 94.3 Å². The highest BCUT2D eigenvalue weighted by Gasteiger charge is 2.15. The van der Waals surface area contributed by atoms with Crippen LogP contribution in [-0.4, -0.2) is 44.5 Å². The first-order valence-corrected chi connectivity index (χ1v) is 9.89. The Hall–Kier alpha value is -1.93. The number of hydrogen-bond acceptors (Lipinski definition) is 7. The van der Waals surface area contributed by atoms with E-state index in [2.05, 4.69) is 15.5 Å². The van der Waals surface area contributed by atoms with E-state index in [1.807, 2.05) is 0 Å². The minimum Gasteiger partial charge on any atom is -0.449 e. The first-order valence-electron chi connectivity index (χ1n) is 8.00. The minimum atomic E-state index is -3.21. The van der Waals surface area contributed by atoms with Crippen molar-refractivity contribution in [2.75, 3.05) is 26.0 Å². The molecule has 0 bridgehead atoms. The molecule has 0 aliphatic carbocycles. The molecule has 0 unspecified atom stereocenters. The van der Waals surface area contributed by atoms with Crippen LogP contribution < -0.4 is 10.1 Å². The molecule has 7 nitrogen and oxygen atoms in total. The van der Waals surface area contributed by atoms with Crippen molar-refractivity contribution in [1.29, 1.82) is 0 Å². The van der Waals surface area contributed by atoms with Gasteiger partial charge in [0.05, 0.1) is 11.5 Å². The molecular weight excluding hydrogens is 330 g/mol. The molecule has 1 aliphatic rings. The number of nitrogens with one attached hydrogen (secondary N) is 1. The van der Waals surface area contributed by atoms with E-state index in [0.717, 1.165) is 19.5 Å². The highest BCUT2D eigenvalue weighted by molar-refractivity contribution is 7.90. The third kappa shape index (κ3) is 4.33. The summed E-state index contributed by atoms with van der Waals surface area (Å²) < 4.78 is 33.5. The zero-order chi connectivity index (χ0) is 17.0. The zero-order valence-electron chi connectivity index (χ0n) is 13.6. The van der Waals surface area contributed by atoms with Gasteiger partial charge in [-0.2, -0.15) is 4.98 Å². The van der Waals surface area contributed by atoms with Crippen molar-refractivity contribution in [3.8, 4) is 17.5 Å². The van der Waals surface area contributed by atoms with Crippen LogP contribution in [0, 0.1) is 5.92 Å². The molecule has 1 saturated heterocycles. The van der Waals surface area contributed by atoms with Gasteiger partial charge in [-0.25, -0.2) is 8.42 Å². The van der Waals surface area contributed by atoms with Gasteiger partial charge in [0.2, 0.25) is 5.82 Å². The predicted octanol–water partition coefficient (Wildman–Crippen LogP) is 1.91. The number of benzene rings is 1. The van der Waals surface area contributed by atoms with E-state index in [0.29, 0.717) is 23.9 Å². The van der Waals surface area contributed by atoms with Crippen LogP contribution in [0.1, 0.15) is 19.3 Å². The van der Waals surface area contributed by atoms with Gasteiger partial charge in [0.1, 0.15) is 0 Å². The number of ether oxygens (including phenoxy) is 1. The summed E-state index contributed by atoms with van der Waals surface area (Å²) in [6, 6.07) is 6.36. The molecule has 0 saturated carbocycles. The van der Waals surface area contributed by atoms with Crippen LogP contribution in [-0.2, 0) is 9.84 Å². The van der Waals surface area contributed by atoms with Gasteiger partial charge in [-0.3, -0.25) is 4.52 Å². The summed E-state index contributed by atoms with van der Waals surface area (Å²) in [5, 5.41) is 7.21. The Balaban J connectivity index is 1.56. The van der Waals surface area contributed by atoms with Crippen LogP contribution in [0.3, 0.4) is 0 Å². The summed E-state index contributed by atoms with van der Waals surface area (Å²) in [5.41, 5.74) is 0.680. The van der Waals surface area contributed by atoms with E-state index in [1.165, 1.54) is 31.2 Å². The Kier molecular flexibility index (Phi) is 5.15. The zero-order valence-corrected chi connectivity index (χ0v) is 14.4. The molecule has 130 valence electrons. The van der Waals surface area contributed by atoms with E-state index in [9.17, 15) is 8.42 Å².